The van der Waals surface area contributed by atoms with Crippen LogP contribution in [0.25, 0.3) is 0 Å². The van der Waals surface area contributed by atoms with Crippen LogP contribution in [0, 0.1) is 0 Å². The average molecular weight is 387 g/mol. The van der Waals surface area contributed by atoms with Gasteiger partial charge in [-0.25, -0.2) is 0 Å². The number of piperidine rings is 1. The number of hydrogen-bond donors (Lipinski definition) is 1. The van der Waals surface area contributed by atoms with E-state index in [9.17, 15) is 9.59 Å². The Kier molecular flexibility index (Phi) is 6.57. The fourth-order valence-corrected chi connectivity index (χ4v) is 4.06. The lowest BCUT2D eigenvalue weighted by atomic mass is 10.0. The van der Waals surface area contributed by atoms with E-state index in [1.165, 1.54) is 0 Å². The van der Waals surface area contributed by atoms with Gasteiger partial charge in [-0.3, -0.25) is 9.59 Å². The van der Waals surface area contributed by atoms with Crippen LogP contribution in [-0.2, 0) is 11.2 Å². The third-order valence-electron chi connectivity index (χ3n) is 5.42. The maximum absolute atomic E-state index is 13.2. The highest BCUT2D eigenvalue weighted by Gasteiger charge is 2.32. The molecule has 152 valence electrons. The van der Waals surface area contributed by atoms with Gasteiger partial charge < -0.3 is 24.6 Å². The van der Waals surface area contributed by atoms with E-state index in [2.05, 4.69) is 11.9 Å². The zero-order chi connectivity index (χ0) is 20.1. The van der Waals surface area contributed by atoms with Crippen LogP contribution in [0.1, 0.15) is 28.8 Å². The van der Waals surface area contributed by atoms with E-state index in [-0.39, 0.29) is 17.9 Å². The summed E-state index contributed by atoms with van der Waals surface area (Å²) >= 11 is 0. The Bertz CT molecular complexity index is 749. The number of nitrogens with one attached hydrogen (secondary N) is 1. The van der Waals surface area contributed by atoms with Gasteiger partial charge in [-0.15, -0.1) is 6.58 Å². The van der Waals surface area contributed by atoms with Gasteiger partial charge in [0.1, 0.15) is 0 Å². The molecule has 0 bridgehead atoms. The van der Waals surface area contributed by atoms with E-state index in [0.717, 1.165) is 24.9 Å². The lowest BCUT2D eigenvalue weighted by Gasteiger charge is -2.41. The van der Waals surface area contributed by atoms with Crippen molar-refractivity contribution in [2.75, 3.05) is 46.9 Å². The van der Waals surface area contributed by atoms with Crippen molar-refractivity contribution in [1.29, 1.82) is 0 Å². The molecule has 7 nitrogen and oxygen atoms in total. The molecule has 2 saturated heterocycles. The van der Waals surface area contributed by atoms with E-state index in [4.69, 9.17) is 9.47 Å². The van der Waals surface area contributed by atoms with E-state index in [1.807, 2.05) is 15.9 Å². The Morgan fingerprint density at radius 1 is 1.32 bits per heavy atom. The normalized spacial score (nSPS) is 20.1. The van der Waals surface area contributed by atoms with Gasteiger partial charge >= 0.3 is 0 Å². The summed E-state index contributed by atoms with van der Waals surface area (Å²) in [4.78, 5) is 29.2. The van der Waals surface area contributed by atoms with Crippen molar-refractivity contribution in [3.05, 3.63) is 35.9 Å². The molecule has 1 unspecified atom stereocenters. The molecule has 1 aromatic carbocycles. The highest BCUT2D eigenvalue weighted by molar-refractivity contribution is 5.95. The summed E-state index contributed by atoms with van der Waals surface area (Å²) in [7, 11) is 3.16. The van der Waals surface area contributed by atoms with Crippen LogP contribution in [-0.4, -0.2) is 74.6 Å². The summed E-state index contributed by atoms with van der Waals surface area (Å²) in [6.07, 6.45) is 4.18. The molecule has 3 rings (SSSR count). The fourth-order valence-electron chi connectivity index (χ4n) is 4.06. The molecule has 2 aliphatic rings. The summed E-state index contributed by atoms with van der Waals surface area (Å²) in [5.41, 5.74) is 1.44. The number of piperazine rings is 1. The summed E-state index contributed by atoms with van der Waals surface area (Å²) in [6, 6.07) is 3.67. The van der Waals surface area contributed by atoms with Crippen LogP contribution in [0.2, 0.25) is 0 Å². The maximum Gasteiger partial charge on any atom is 0.254 e. The second-order valence-corrected chi connectivity index (χ2v) is 7.17. The SMILES string of the molecule is C=CCc1cc(C(=O)N2CCCC(N3CCNCC3=O)C2)cc(OC)c1OC. The molecular weight excluding hydrogens is 358 g/mol. The number of methoxy groups -OCH3 is 2. The third-order valence-corrected chi connectivity index (χ3v) is 5.42. The predicted octanol–water partition coefficient (Wildman–Crippen LogP) is 1.47. The van der Waals surface area contributed by atoms with Gasteiger partial charge in [-0.2, -0.15) is 0 Å². The van der Waals surface area contributed by atoms with Gasteiger partial charge in [0, 0.05) is 43.3 Å². The number of rotatable bonds is 6. The van der Waals surface area contributed by atoms with Crippen LogP contribution in [0.15, 0.2) is 24.8 Å². The van der Waals surface area contributed by atoms with Crippen LogP contribution in [0.4, 0.5) is 0 Å². The molecule has 0 aliphatic carbocycles. The molecule has 0 aromatic heterocycles. The number of nitrogens with zero attached hydrogens (tertiary/aromatic N) is 2. The molecule has 0 radical (unpaired) electrons. The number of benzene rings is 1. The molecule has 1 aromatic rings. The van der Waals surface area contributed by atoms with Crippen molar-refractivity contribution < 1.29 is 19.1 Å². The molecule has 7 heteroatoms. The van der Waals surface area contributed by atoms with Gasteiger partial charge in [0.05, 0.1) is 20.8 Å². The maximum atomic E-state index is 13.2. The van der Waals surface area contributed by atoms with Crippen molar-refractivity contribution in [1.82, 2.24) is 15.1 Å². The predicted molar refractivity (Wildman–Crippen MR) is 107 cm³/mol. The highest BCUT2D eigenvalue weighted by Crippen LogP contribution is 2.34. The highest BCUT2D eigenvalue weighted by atomic mass is 16.5. The minimum absolute atomic E-state index is 0.0430. The molecule has 0 spiro atoms. The topological polar surface area (TPSA) is 71.1 Å². The molecule has 2 amide bonds. The molecular formula is C21H29N3O4. The Hall–Kier alpha value is -2.54. The van der Waals surface area contributed by atoms with Gasteiger partial charge in [-0.1, -0.05) is 6.08 Å². The second-order valence-electron chi connectivity index (χ2n) is 7.17. The summed E-state index contributed by atoms with van der Waals surface area (Å²) in [5, 5.41) is 3.10. The van der Waals surface area contributed by atoms with Crippen molar-refractivity contribution in [3.8, 4) is 11.5 Å². The molecule has 2 heterocycles. The minimum atomic E-state index is -0.0430. The number of ether oxygens (including phenoxy) is 2. The van der Waals surface area contributed by atoms with Crippen LogP contribution < -0.4 is 14.8 Å². The molecule has 1 N–H and O–H groups in total. The summed E-state index contributed by atoms with van der Waals surface area (Å²) in [6.45, 7) is 6.93. The molecule has 2 aliphatic heterocycles. The number of carbonyl (C=O) groups is 2. The number of likely N-dealkylation sites (tertiary alicyclic amines) is 1. The number of allylic oxidation sites excluding steroid dienone is 1. The van der Waals surface area contributed by atoms with Gasteiger partial charge in [0.2, 0.25) is 5.91 Å². The van der Waals surface area contributed by atoms with Gasteiger partial charge in [0.25, 0.3) is 5.91 Å². The van der Waals surface area contributed by atoms with Gasteiger partial charge in [0.15, 0.2) is 11.5 Å². The monoisotopic (exact) mass is 387 g/mol. The first kappa shape index (κ1) is 20.2. The number of hydrogen-bond acceptors (Lipinski definition) is 5. The molecule has 28 heavy (non-hydrogen) atoms. The fraction of sp³-hybridized carbons (Fsp3) is 0.524. The Morgan fingerprint density at radius 3 is 2.82 bits per heavy atom. The molecule has 0 saturated carbocycles. The standard InChI is InChI=1S/C21H29N3O4/c1-4-6-15-11-16(12-18(27-2)20(15)28-3)21(26)23-9-5-7-17(14-23)24-10-8-22-13-19(24)25/h4,11-12,17,22H,1,5-10,13-14H2,2-3H3. The van der Waals surface area contributed by atoms with Crippen molar-refractivity contribution in [2.24, 2.45) is 0 Å². The summed E-state index contributed by atoms with van der Waals surface area (Å²) in [5.74, 6) is 1.24. The van der Waals surface area contributed by atoms with Crippen LogP contribution in [0.5, 0.6) is 11.5 Å². The Balaban J connectivity index is 1.81. The van der Waals surface area contributed by atoms with Gasteiger partial charge in [-0.05, 0) is 31.4 Å². The first-order valence-electron chi connectivity index (χ1n) is 9.74. The smallest absolute Gasteiger partial charge is 0.254 e. The van der Waals surface area contributed by atoms with E-state index in [0.29, 0.717) is 49.7 Å². The Labute approximate surface area is 166 Å². The quantitative estimate of drug-likeness (QED) is 0.749. The first-order chi connectivity index (χ1) is 13.6. The minimum Gasteiger partial charge on any atom is -0.493 e. The summed E-state index contributed by atoms with van der Waals surface area (Å²) < 4.78 is 10.9. The van der Waals surface area contributed by atoms with E-state index >= 15 is 0 Å². The van der Waals surface area contributed by atoms with Crippen molar-refractivity contribution in [3.63, 3.8) is 0 Å². The average Bonchev–Trinajstić information content (AvgIpc) is 2.73. The number of amides is 2. The van der Waals surface area contributed by atoms with Crippen LogP contribution >= 0.6 is 0 Å². The number of carbonyl (C=O) groups excluding carboxylic acids is 2. The van der Waals surface area contributed by atoms with E-state index < -0.39 is 0 Å². The largest absolute Gasteiger partial charge is 0.493 e. The van der Waals surface area contributed by atoms with Crippen molar-refractivity contribution >= 4 is 11.8 Å². The Morgan fingerprint density at radius 2 is 2.14 bits per heavy atom. The first-order valence-corrected chi connectivity index (χ1v) is 9.74. The molecule has 2 fully saturated rings. The lowest BCUT2D eigenvalue weighted by Crippen LogP contribution is -2.57. The zero-order valence-corrected chi connectivity index (χ0v) is 16.7. The van der Waals surface area contributed by atoms with Crippen LogP contribution in [0.3, 0.4) is 0 Å². The van der Waals surface area contributed by atoms with Crippen molar-refractivity contribution in [2.45, 2.75) is 25.3 Å². The molecule has 1 atom stereocenters. The third kappa shape index (κ3) is 4.14. The zero-order valence-electron chi connectivity index (χ0n) is 16.7. The van der Waals surface area contributed by atoms with E-state index in [1.54, 1.807) is 26.4 Å². The second kappa shape index (κ2) is 9.10. The lowest BCUT2D eigenvalue weighted by molar-refractivity contribution is -0.135.